The van der Waals surface area contributed by atoms with Gasteiger partial charge in [-0.3, -0.25) is 9.59 Å². The second kappa shape index (κ2) is 6.75. The Bertz CT molecular complexity index is 674. The number of hydrogen-bond acceptors (Lipinski definition) is 3. The third-order valence-electron chi connectivity index (χ3n) is 5.53. The molecule has 1 aliphatic carbocycles. The van der Waals surface area contributed by atoms with Crippen LogP contribution in [0.3, 0.4) is 0 Å². The third-order valence-corrected chi connectivity index (χ3v) is 5.53. The van der Waals surface area contributed by atoms with Gasteiger partial charge in [0.15, 0.2) is 0 Å². The van der Waals surface area contributed by atoms with Crippen LogP contribution in [0, 0.1) is 11.7 Å². The molecule has 1 aromatic carbocycles. The number of hydrogen-bond donors (Lipinski definition) is 0. The smallest absolute Gasteiger partial charge is 0.245 e. The number of carbonyl (C=O) groups excluding carboxylic acids is 2. The predicted molar refractivity (Wildman–Crippen MR) is 89.4 cm³/mol. The van der Waals surface area contributed by atoms with Crippen molar-refractivity contribution in [1.82, 2.24) is 9.80 Å². The Hall–Kier alpha value is -1.95. The average molecular weight is 346 g/mol. The van der Waals surface area contributed by atoms with Crippen LogP contribution >= 0.6 is 0 Å². The SMILES string of the molecule is O=C([C@@H]1CCCN1C(=O)[C@@H]1C[C@@H]1c1cccc(F)c1)N1CCOCC1. The highest BCUT2D eigenvalue weighted by Crippen LogP contribution is 2.49. The van der Waals surface area contributed by atoms with Gasteiger partial charge in [0.1, 0.15) is 11.9 Å². The summed E-state index contributed by atoms with van der Waals surface area (Å²) in [5, 5.41) is 0. The lowest BCUT2D eigenvalue weighted by Gasteiger charge is -2.32. The third kappa shape index (κ3) is 3.27. The summed E-state index contributed by atoms with van der Waals surface area (Å²) in [5.41, 5.74) is 0.883. The second-order valence-electron chi connectivity index (χ2n) is 7.13. The molecule has 5 nitrogen and oxygen atoms in total. The maximum Gasteiger partial charge on any atom is 0.245 e. The quantitative estimate of drug-likeness (QED) is 0.838. The number of nitrogens with zero attached hydrogens (tertiary/aromatic N) is 2. The van der Waals surface area contributed by atoms with Gasteiger partial charge in [-0.2, -0.15) is 0 Å². The van der Waals surface area contributed by atoms with Gasteiger partial charge in [0.25, 0.3) is 0 Å². The molecule has 2 heterocycles. The van der Waals surface area contributed by atoms with Crippen molar-refractivity contribution >= 4 is 11.8 Å². The second-order valence-corrected chi connectivity index (χ2v) is 7.13. The van der Waals surface area contributed by atoms with Crippen molar-refractivity contribution < 1.29 is 18.7 Å². The van der Waals surface area contributed by atoms with E-state index in [9.17, 15) is 14.0 Å². The zero-order valence-corrected chi connectivity index (χ0v) is 14.2. The van der Waals surface area contributed by atoms with Gasteiger partial charge in [0.05, 0.1) is 13.2 Å². The van der Waals surface area contributed by atoms with Crippen LogP contribution in [0.4, 0.5) is 4.39 Å². The molecule has 6 heteroatoms. The number of rotatable bonds is 3. The molecule has 2 aliphatic heterocycles. The molecular weight excluding hydrogens is 323 g/mol. The summed E-state index contributed by atoms with van der Waals surface area (Å²) in [6.45, 7) is 2.98. The average Bonchev–Trinajstić information content (AvgIpc) is 3.29. The summed E-state index contributed by atoms with van der Waals surface area (Å²) in [6, 6.07) is 6.16. The largest absolute Gasteiger partial charge is 0.378 e. The first kappa shape index (κ1) is 16.5. The molecule has 4 rings (SSSR count). The number of amides is 2. The van der Waals surface area contributed by atoms with E-state index in [0.717, 1.165) is 24.8 Å². The Morgan fingerprint density at radius 2 is 1.92 bits per heavy atom. The highest BCUT2D eigenvalue weighted by atomic mass is 19.1. The summed E-state index contributed by atoms with van der Waals surface area (Å²) < 4.78 is 18.7. The van der Waals surface area contributed by atoms with E-state index in [-0.39, 0.29) is 35.5 Å². The summed E-state index contributed by atoms with van der Waals surface area (Å²) in [6.07, 6.45) is 2.35. The van der Waals surface area contributed by atoms with E-state index in [1.807, 2.05) is 11.0 Å². The first-order valence-corrected chi connectivity index (χ1v) is 9.07. The first-order chi connectivity index (χ1) is 12.1. The van der Waals surface area contributed by atoms with Crippen molar-refractivity contribution in [2.45, 2.75) is 31.2 Å². The van der Waals surface area contributed by atoms with Gasteiger partial charge in [-0.1, -0.05) is 12.1 Å². The van der Waals surface area contributed by atoms with Gasteiger partial charge >= 0.3 is 0 Å². The lowest BCUT2D eigenvalue weighted by Crippen LogP contribution is -2.51. The van der Waals surface area contributed by atoms with Crippen LogP contribution in [0.15, 0.2) is 24.3 Å². The van der Waals surface area contributed by atoms with Crippen molar-refractivity contribution in [3.63, 3.8) is 0 Å². The molecule has 1 aromatic rings. The zero-order valence-electron chi connectivity index (χ0n) is 14.2. The van der Waals surface area contributed by atoms with E-state index < -0.39 is 0 Å². The normalized spacial score (nSPS) is 28.9. The van der Waals surface area contributed by atoms with Crippen LogP contribution in [0.1, 0.15) is 30.7 Å². The zero-order chi connectivity index (χ0) is 17.4. The first-order valence-electron chi connectivity index (χ1n) is 9.07. The highest BCUT2D eigenvalue weighted by molar-refractivity contribution is 5.90. The van der Waals surface area contributed by atoms with Crippen molar-refractivity contribution in [3.05, 3.63) is 35.6 Å². The Labute approximate surface area is 146 Å². The van der Waals surface area contributed by atoms with E-state index in [0.29, 0.717) is 32.8 Å². The molecule has 0 bridgehead atoms. The molecule has 2 amide bonds. The fourth-order valence-corrected chi connectivity index (χ4v) is 4.07. The number of benzene rings is 1. The summed E-state index contributed by atoms with van der Waals surface area (Å²) in [7, 11) is 0. The van der Waals surface area contributed by atoms with E-state index >= 15 is 0 Å². The fourth-order valence-electron chi connectivity index (χ4n) is 4.07. The molecule has 25 heavy (non-hydrogen) atoms. The Balaban J connectivity index is 1.42. The molecule has 3 fully saturated rings. The van der Waals surface area contributed by atoms with Crippen LogP contribution in [0.2, 0.25) is 0 Å². The lowest BCUT2D eigenvalue weighted by molar-refractivity contribution is -0.147. The van der Waals surface area contributed by atoms with E-state index in [1.54, 1.807) is 11.0 Å². The fraction of sp³-hybridized carbons (Fsp3) is 0.579. The van der Waals surface area contributed by atoms with Gasteiger partial charge in [0.2, 0.25) is 11.8 Å². The number of likely N-dealkylation sites (tertiary alicyclic amines) is 1. The maximum atomic E-state index is 13.4. The minimum atomic E-state index is -0.334. The molecule has 0 unspecified atom stereocenters. The van der Waals surface area contributed by atoms with Crippen LogP contribution in [-0.4, -0.2) is 60.5 Å². The van der Waals surface area contributed by atoms with Gasteiger partial charge in [-0.15, -0.1) is 0 Å². The van der Waals surface area contributed by atoms with E-state index in [1.165, 1.54) is 12.1 Å². The lowest BCUT2D eigenvalue weighted by atomic mass is 10.1. The molecule has 0 spiro atoms. The van der Waals surface area contributed by atoms with Crippen LogP contribution in [0.25, 0.3) is 0 Å². The molecule has 0 N–H and O–H groups in total. The number of morpholine rings is 1. The predicted octanol–water partition coefficient (Wildman–Crippen LogP) is 1.78. The van der Waals surface area contributed by atoms with Gasteiger partial charge in [-0.05, 0) is 42.9 Å². The van der Waals surface area contributed by atoms with Crippen molar-refractivity contribution in [2.24, 2.45) is 5.92 Å². The van der Waals surface area contributed by atoms with Crippen molar-refractivity contribution in [3.8, 4) is 0 Å². The van der Waals surface area contributed by atoms with Gasteiger partial charge in [-0.25, -0.2) is 4.39 Å². The standard InChI is InChI=1S/C19H23FN2O3/c20-14-4-1-3-13(11-14)15-12-16(15)18(23)22-6-2-5-17(22)19(24)21-7-9-25-10-8-21/h1,3-4,11,15-17H,2,5-10,12H2/t15-,16-,17+/m1/s1. The summed E-state index contributed by atoms with van der Waals surface area (Å²) in [5.74, 6) is -0.185. The van der Waals surface area contributed by atoms with Crippen molar-refractivity contribution in [1.29, 1.82) is 0 Å². The topological polar surface area (TPSA) is 49.9 Å². The minimum Gasteiger partial charge on any atom is -0.378 e. The highest BCUT2D eigenvalue weighted by Gasteiger charge is 2.49. The molecule has 1 saturated carbocycles. The Morgan fingerprint density at radius 1 is 1.12 bits per heavy atom. The molecule has 134 valence electrons. The summed E-state index contributed by atoms with van der Waals surface area (Å²) >= 11 is 0. The van der Waals surface area contributed by atoms with Gasteiger partial charge < -0.3 is 14.5 Å². The van der Waals surface area contributed by atoms with E-state index in [2.05, 4.69) is 0 Å². The molecule has 0 aromatic heterocycles. The molecule has 3 atom stereocenters. The Kier molecular flexibility index (Phi) is 4.46. The van der Waals surface area contributed by atoms with Crippen molar-refractivity contribution in [2.75, 3.05) is 32.8 Å². The van der Waals surface area contributed by atoms with Crippen LogP contribution < -0.4 is 0 Å². The molecular formula is C19H23FN2O3. The Morgan fingerprint density at radius 3 is 2.68 bits per heavy atom. The maximum absolute atomic E-state index is 13.4. The number of ether oxygens (including phenoxy) is 1. The number of carbonyl (C=O) groups is 2. The van der Waals surface area contributed by atoms with Crippen LogP contribution in [0.5, 0.6) is 0 Å². The van der Waals surface area contributed by atoms with Gasteiger partial charge in [0, 0.05) is 25.6 Å². The number of halogens is 1. The van der Waals surface area contributed by atoms with Crippen LogP contribution in [-0.2, 0) is 14.3 Å². The molecule has 2 saturated heterocycles. The monoisotopic (exact) mass is 346 g/mol. The molecule has 0 radical (unpaired) electrons. The summed E-state index contributed by atoms with van der Waals surface area (Å²) in [4.78, 5) is 29.3. The minimum absolute atomic E-state index is 0.0529. The van der Waals surface area contributed by atoms with E-state index in [4.69, 9.17) is 4.74 Å². The molecule has 3 aliphatic rings.